The molecule has 3 heteroatoms. The Morgan fingerprint density at radius 1 is 1.19 bits per heavy atom. The van der Waals surface area contributed by atoms with Crippen molar-refractivity contribution in [1.29, 1.82) is 0 Å². The molecule has 1 aliphatic rings. The molecular formula is C13H17ClN2. The Balaban J connectivity index is 0.000000963. The molecule has 0 saturated carbocycles. The number of aryl methyl sites for hydroxylation is 1. The lowest BCUT2D eigenvalue weighted by atomic mass is 10.1. The third kappa shape index (κ3) is 1.53. The summed E-state index contributed by atoms with van der Waals surface area (Å²) in [6, 6.07) is 8.70. The summed E-state index contributed by atoms with van der Waals surface area (Å²) in [6.07, 6.45) is 3.78. The van der Waals surface area contributed by atoms with Gasteiger partial charge in [0.2, 0.25) is 0 Å². The van der Waals surface area contributed by atoms with Crippen LogP contribution in [0, 0.1) is 0 Å². The molecule has 0 radical (unpaired) electrons. The van der Waals surface area contributed by atoms with E-state index >= 15 is 0 Å². The van der Waals surface area contributed by atoms with Crippen LogP contribution in [0.5, 0.6) is 0 Å². The lowest BCUT2D eigenvalue weighted by Crippen LogP contribution is -2.11. The summed E-state index contributed by atoms with van der Waals surface area (Å²) in [7, 11) is 0. The molecule has 2 nitrogen and oxygen atoms in total. The van der Waals surface area contributed by atoms with Gasteiger partial charge in [0, 0.05) is 29.7 Å². The molecule has 2 N–H and O–H groups in total. The second-order valence-electron chi connectivity index (χ2n) is 4.24. The van der Waals surface area contributed by atoms with Gasteiger partial charge in [-0.25, -0.2) is 0 Å². The Morgan fingerprint density at radius 3 is 2.81 bits per heavy atom. The molecule has 0 unspecified atom stereocenters. The molecule has 1 aliphatic carbocycles. The SMILES string of the molecule is Cl.NCCn1c2c(c3ccccc31)CCC2. The first-order valence-electron chi connectivity index (χ1n) is 5.71. The molecule has 2 aromatic rings. The predicted molar refractivity (Wildman–Crippen MR) is 70.3 cm³/mol. The molecule has 0 bridgehead atoms. The van der Waals surface area contributed by atoms with Crippen LogP contribution in [0.1, 0.15) is 17.7 Å². The van der Waals surface area contributed by atoms with Crippen LogP contribution in [0.3, 0.4) is 0 Å². The number of aromatic nitrogens is 1. The summed E-state index contributed by atoms with van der Waals surface area (Å²) in [5.41, 5.74) is 10.2. The van der Waals surface area contributed by atoms with Crippen molar-refractivity contribution in [2.45, 2.75) is 25.8 Å². The number of halogens is 1. The number of nitrogens with zero attached hydrogens (tertiary/aromatic N) is 1. The molecular weight excluding hydrogens is 220 g/mol. The molecule has 1 heterocycles. The van der Waals surface area contributed by atoms with Gasteiger partial charge in [-0.15, -0.1) is 12.4 Å². The van der Waals surface area contributed by atoms with Gasteiger partial charge in [-0.1, -0.05) is 18.2 Å². The monoisotopic (exact) mass is 236 g/mol. The summed E-state index contributed by atoms with van der Waals surface area (Å²) in [4.78, 5) is 0. The quantitative estimate of drug-likeness (QED) is 0.854. The summed E-state index contributed by atoms with van der Waals surface area (Å²) < 4.78 is 2.41. The Morgan fingerprint density at radius 2 is 2.00 bits per heavy atom. The van der Waals surface area contributed by atoms with Crippen molar-refractivity contribution in [2.75, 3.05) is 6.54 Å². The number of hydrogen-bond acceptors (Lipinski definition) is 1. The standard InChI is InChI=1S/C13H16N2.ClH/c14-8-9-15-12-6-2-1-4-10(12)11-5-3-7-13(11)15;/h1-2,4,6H,3,5,7-9,14H2;1H. The van der Waals surface area contributed by atoms with Gasteiger partial charge in [0.1, 0.15) is 0 Å². The Labute approximate surface area is 102 Å². The molecule has 0 saturated heterocycles. The molecule has 3 rings (SSSR count). The van der Waals surface area contributed by atoms with E-state index in [0.717, 1.165) is 13.1 Å². The summed E-state index contributed by atoms with van der Waals surface area (Å²) in [5, 5.41) is 1.44. The predicted octanol–water partition coefficient (Wildman–Crippen LogP) is 2.51. The number of para-hydroxylation sites is 1. The van der Waals surface area contributed by atoms with Crippen LogP contribution in [-0.4, -0.2) is 11.1 Å². The minimum atomic E-state index is 0. The molecule has 16 heavy (non-hydrogen) atoms. The van der Waals surface area contributed by atoms with E-state index in [1.807, 2.05) is 0 Å². The second kappa shape index (κ2) is 4.48. The zero-order valence-electron chi connectivity index (χ0n) is 9.28. The molecule has 0 aliphatic heterocycles. The second-order valence-corrected chi connectivity index (χ2v) is 4.24. The van der Waals surface area contributed by atoms with Crippen molar-refractivity contribution in [3.63, 3.8) is 0 Å². The van der Waals surface area contributed by atoms with Crippen molar-refractivity contribution in [3.05, 3.63) is 35.5 Å². The Kier molecular flexibility index (Phi) is 3.22. The van der Waals surface area contributed by atoms with E-state index < -0.39 is 0 Å². The highest BCUT2D eigenvalue weighted by Crippen LogP contribution is 2.32. The normalized spacial score (nSPS) is 13.8. The number of nitrogens with two attached hydrogens (primary N) is 1. The van der Waals surface area contributed by atoms with Gasteiger partial charge in [0.15, 0.2) is 0 Å². The van der Waals surface area contributed by atoms with E-state index in [0.29, 0.717) is 0 Å². The van der Waals surface area contributed by atoms with Gasteiger partial charge >= 0.3 is 0 Å². The van der Waals surface area contributed by atoms with Gasteiger partial charge < -0.3 is 10.3 Å². The molecule has 1 aromatic heterocycles. The molecule has 0 spiro atoms. The van der Waals surface area contributed by atoms with E-state index in [4.69, 9.17) is 5.73 Å². The maximum atomic E-state index is 5.68. The van der Waals surface area contributed by atoms with E-state index in [1.54, 1.807) is 5.56 Å². The van der Waals surface area contributed by atoms with E-state index in [1.165, 1.54) is 35.9 Å². The third-order valence-electron chi connectivity index (χ3n) is 3.39. The fraction of sp³-hybridized carbons (Fsp3) is 0.385. The van der Waals surface area contributed by atoms with E-state index in [9.17, 15) is 0 Å². The number of fused-ring (bicyclic) bond motifs is 3. The van der Waals surface area contributed by atoms with Crippen molar-refractivity contribution < 1.29 is 0 Å². The topological polar surface area (TPSA) is 30.9 Å². The van der Waals surface area contributed by atoms with Crippen molar-refractivity contribution in [3.8, 4) is 0 Å². The van der Waals surface area contributed by atoms with Gasteiger partial charge in [-0.05, 0) is 30.9 Å². The van der Waals surface area contributed by atoms with Crippen LogP contribution in [0.25, 0.3) is 10.9 Å². The highest BCUT2D eigenvalue weighted by atomic mass is 35.5. The molecule has 0 amide bonds. The van der Waals surface area contributed by atoms with Crippen LogP contribution in [0.15, 0.2) is 24.3 Å². The summed E-state index contributed by atoms with van der Waals surface area (Å²) in [5.74, 6) is 0. The zero-order valence-corrected chi connectivity index (χ0v) is 10.1. The van der Waals surface area contributed by atoms with Crippen LogP contribution in [0.2, 0.25) is 0 Å². The first-order valence-corrected chi connectivity index (χ1v) is 5.71. The van der Waals surface area contributed by atoms with Gasteiger partial charge in [0.25, 0.3) is 0 Å². The largest absolute Gasteiger partial charge is 0.343 e. The van der Waals surface area contributed by atoms with Crippen LogP contribution in [-0.2, 0) is 19.4 Å². The fourth-order valence-corrected chi connectivity index (χ4v) is 2.81. The number of benzene rings is 1. The smallest absolute Gasteiger partial charge is 0.0485 e. The average Bonchev–Trinajstić information content (AvgIpc) is 2.82. The fourth-order valence-electron chi connectivity index (χ4n) is 2.81. The van der Waals surface area contributed by atoms with Crippen molar-refractivity contribution >= 4 is 23.3 Å². The summed E-state index contributed by atoms with van der Waals surface area (Å²) >= 11 is 0. The van der Waals surface area contributed by atoms with Gasteiger partial charge in [-0.3, -0.25) is 0 Å². The van der Waals surface area contributed by atoms with E-state index in [2.05, 4.69) is 28.8 Å². The van der Waals surface area contributed by atoms with Crippen LogP contribution in [0.4, 0.5) is 0 Å². The average molecular weight is 237 g/mol. The Hall–Kier alpha value is -0.990. The number of hydrogen-bond donors (Lipinski definition) is 1. The lowest BCUT2D eigenvalue weighted by molar-refractivity contribution is 0.696. The lowest BCUT2D eigenvalue weighted by Gasteiger charge is -2.06. The highest BCUT2D eigenvalue weighted by Gasteiger charge is 2.20. The molecule has 0 atom stereocenters. The molecule has 86 valence electrons. The number of rotatable bonds is 2. The first kappa shape index (κ1) is 11.5. The van der Waals surface area contributed by atoms with Crippen LogP contribution < -0.4 is 5.73 Å². The molecule has 1 aromatic carbocycles. The molecule has 0 fully saturated rings. The maximum absolute atomic E-state index is 5.68. The van der Waals surface area contributed by atoms with Crippen molar-refractivity contribution in [1.82, 2.24) is 4.57 Å². The minimum absolute atomic E-state index is 0. The Bertz CT molecular complexity index is 502. The van der Waals surface area contributed by atoms with E-state index in [-0.39, 0.29) is 12.4 Å². The van der Waals surface area contributed by atoms with Gasteiger partial charge in [0.05, 0.1) is 0 Å². The van der Waals surface area contributed by atoms with Gasteiger partial charge in [-0.2, -0.15) is 0 Å². The first-order chi connectivity index (χ1) is 7.42. The van der Waals surface area contributed by atoms with Crippen molar-refractivity contribution in [2.24, 2.45) is 5.73 Å². The maximum Gasteiger partial charge on any atom is 0.0485 e. The zero-order chi connectivity index (χ0) is 10.3. The summed E-state index contributed by atoms with van der Waals surface area (Å²) in [6.45, 7) is 1.68. The minimum Gasteiger partial charge on any atom is -0.343 e. The van der Waals surface area contributed by atoms with Crippen LogP contribution >= 0.6 is 12.4 Å². The highest BCUT2D eigenvalue weighted by molar-refractivity contribution is 5.86. The third-order valence-corrected chi connectivity index (χ3v) is 3.39.